The molecule has 0 bridgehead atoms. The van der Waals surface area contributed by atoms with Crippen LogP contribution in [0.25, 0.3) is 5.65 Å². The summed E-state index contributed by atoms with van der Waals surface area (Å²) in [5, 5.41) is 12.5. The van der Waals surface area contributed by atoms with Gasteiger partial charge in [-0.3, -0.25) is 4.68 Å². The monoisotopic (exact) mass is 494 g/mol. The number of nitrogens with zero attached hydrogens (tertiary/aromatic N) is 7. The van der Waals surface area contributed by atoms with Crippen LogP contribution < -0.4 is 5.32 Å². The van der Waals surface area contributed by atoms with Crippen molar-refractivity contribution >= 4 is 23.2 Å². The van der Waals surface area contributed by atoms with Gasteiger partial charge in [0.25, 0.3) is 0 Å². The number of fused-ring (bicyclic) bond motifs is 1. The molecule has 0 aromatic carbocycles. The Bertz CT molecular complexity index is 1190. The number of nitrogens with one attached hydrogen (secondary N) is 1. The lowest BCUT2D eigenvalue weighted by Crippen LogP contribution is -2.51. The van der Waals surface area contributed by atoms with Crippen LogP contribution in [0.2, 0.25) is 0 Å². The van der Waals surface area contributed by atoms with Gasteiger partial charge in [-0.05, 0) is 60.3 Å². The van der Waals surface area contributed by atoms with Crippen LogP contribution in [0, 0.1) is 0 Å². The molecule has 1 saturated carbocycles. The Kier molecular flexibility index (Phi) is 6.61. The SMILES string of the molecule is CC1CC(n2cc(Nc3nc(C4CCCCC4)cn4ncnc34)cn2)CC(C)N1C(=O)OC(C)(C)C. The average molecular weight is 495 g/mol. The van der Waals surface area contributed by atoms with Gasteiger partial charge in [-0.25, -0.2) is 19.3 Å². The summed E-state index contributed by atoms with van der Waals surface area (Å²) in [5.41, 5.74) is 2.13. The van der Waals surface area contributed by atoms with E-state index in [1.54, 1.807) is 6.33 Å². The van der Waals surface area contributed by atoms with E-state index >= 15 is 0 Å². The quantitative estimate of drug-likeness (QED) is 0.514. The van der Waals surface area contributed by atoms with E-state index in [4.69, 9.17) is 9.72 Å². The Labute approximate surface area is 212 Å². The molecule has 1 saturated heterocycles. The van der Waals surface area contributed by atoms with Crippen molar-refractivity contribution in [2.75, 3.05) is 5.32 Å². The Morgan fingerprint density at radius 1 is 1.06 bits per heavy atom. The zero-order valence-electron chi connectivity index (χ0n) is 22.0. The van der Waals surface area contributed by atoms with E-state index in [0.29, 0.717) is 17.4 Å². The highest BCUT2D eigenvalue weighted by atomic mass is 16.6. The third-order valence-corrected chi connectivity index (χ3v) is 7.32. The summed E-state index contributed by atoms with van der Waals surface area (Å²) in [4.78, 5) is 24.0. The maximum Gasteiger partial charge on any atom is 0.410 e. The van der Waals surface area contributed by atoms with Gasteiger partial charge in [0.15, 0.2) is 11.5 Å². The number of rotatable bonds is 4. The van der Waals surface area contributed by atoms with Crippen molar-refractivity contribution < 1.29 is 9.53 Å². The number of hydrogen-bond acceptors (Lipinski definition) is 7. The summed E-state index contributed by atoms with van der Waals surface area (Å²) in [6, 6.07) is 0.302. The minimum Gasteiger partial charge on any atom is -0.444 e. The minimum atomic E-state index is -0.506. The van der Waals surface area contributed by atoms with Gasteiger partial charge < -0.3 is 15.0 Å². The molecule has 2 fully saturated rings. The maximum atomic E-state index is 12.8. The molecule has 36 heavy (non-hydrogen) atoms. The van der Waals surface area contributed by atoms with Gasteiger partial charge >= 0.3 is 6.09 Å². The summed E-state index contributed by atoms with van der Waals surface area (Å²) < 4.78 is 9.47. The predicted octanol–water partition coefficient (Wildman–Crippen LogP) is 5.46. The lowest BCUT2D eigenvalue weighted by Gasteiger charge is -2.42. The fourth-order valence-corrected chi connectivity index (χ4v) is 5.70. The molecule has 194 valence electrons. The highest BCUT2D eigenvalue weighted by molar-refractivity contribution is 5.69. The lowest BCUT2D eigenvalue weighted by molar-refractivity contribution is -0.00692. The zero-order chi connectivity index (χ0) is 25.4. The van der Waals surface area contributed by atoms with Crippen molar-refractivity contribution in [2.45, 2.75) is 109 Å². The molecule has 1 aliphatic carbocycles. The van der Waals surface area contributed by atoms with Crippen LogP contribution in [0.4, 0.5) is 16.3 Å². The normalized spacial score (nSPS) is 23.7. The van der Waals surface area contributed by atoms with E-state index in [1.165, 1.54) is 32.1 Å². The number of carbonyl (C=O) groups is 1. The van der Waals surface area contributed by atoms with Crippen LogP contribution in [0.1, 0.15) is 97.2 Å². The van der Waals surface area contributed by atoms with E-state index in [0.717, 1.165) is 24.2 Å². The van der Waals surface area contributed by atoms with Crippen molar-refractivity contribution in [1.29, 1.82) is 0 Å². The van der Waals surface area contributed by atoms with E-state index in [2.05, 4.69) is 34.3 Å². The molecule has 0 radical (unpaired) electrons. The first kappa shape index (κ1) is 24.5. The van der Waals surface area contributed by atoms with E-state index in [9.17, 15) is 4.79 Å². The number of likely N-dealkylation sites (tertiary alicyclic amines) is 1. The summed E-state index contributed by atoms with van der Waals surface area (Å²) in [5.74, 6) is 1.17. The first-order valence-electron chi connectivity index (χ1n) is 13.2. The van der Waals surface area contributed by atoms with Crippen LogP contribution in [-0.4, -0.2) is 58.0 Å². The average Bonchev–Trinajstić information content (AvgIpc) is 3.47. The van der Waals surface area contributed by atoms with Crippen molar-refractivity contribution in [3.63, 3.8) is 0 Å². The van der Waals surface area contributed by atoms with Gasteiger partial charge in [-0.2, -0.15) is 10.2 Å². The predicted molar refractivity (Wildman–Crippen MR) is 137 cm³/mol. The molecule has 2 unspecified atom stereocenters. The number of hydrogen-bond donors (Lipinski definition) is 1. The summed E-state index contributed by atoms with van der Waals surface area (Å²) in [7, 11) is 0. The number of amides is 1. The first-order valence-corrected chi connectivity index (χ1v) is 13.2. The van der Waals surface area contributed by atoms with E-state index in [-0.39, 0.29) is 24.2 Å². The molecule has 4 heterocycles. The highest BCUT2D eigenvalue weighted by Crippen LogP contribution is 2.34. The van der Waals surface area contributed by atoms with Gasteiger partial charge in [0, 0.05) is 24.2 Å². The smallest absolute Gasteiger partial charge is 0.410 e. The molecule has 1 aliphatic heterocycles. The number of ether oxygens (including phenoxy) is 1. The Balaban J connectivity index is 1.31. The van der Waals surface area contributed by atoms with Crippen LogP contribution in [-0.2, 0) is 4.74 Å². The third-order valence-electron chi connectivity index (χ3n) is 7.32. The van der Waals surface area contributed by atoms with E-state index in [1.807, 2.05) is 53.5 Å². The zero-order valence-corrected chi connectivity index (χ0v) is 22.0. The summed E-state index contributed by atoms with van der Waals surface area (Å²) in [6.45, 7) is 9.87. The molecule has 1 N–H and O–H groups in total. The molecule has 3 aromatic heterocycles. The number of aromatic nitrogens is 6. The van der Waals surface area contributed by atoms with Crippen LogP contribution in [0.5, 0.6) is 0 Å². The van der Waals surface area contributed by atoms with Crippen molar-refractivity contribution in [3.05, 3.63) is 30.6 Å². The second-order valence-electron chi connectivity index (χ2n) is 11.4. The Morgan fingerprint density at radius 3 is 2.47 bits per heavy atom. The van der Waals surface area contributed by atoms with Crippen LogP contribution >= 0.6 is 0 Å². The van der Waals surface area contributed by atoms with Gasteiger partial charge in [-0.15, -0.1) is 0 Å². The third kappa shape index (κ3) is 5.17. The second kappa shape index (κ2) is 9.71. The number of anilines is 2. The molecule has 3 aromatic rings. The second-order valence-corrected chi connectivity index (χ2v) is 11.4. The molecule has 10 nitrogen and oxygen atoms in total. The molecule has 2 aliphatic rings. The highest BCUT2D eigenvalue weighted by Gasteiger charge is 2.37. The molecule has 10 heteroatoms. The topological polar surface area (TPSA) is 102 Å². The van der Waals surface area contributed by atoms with Gasteiger partial charge in [0.05, 0.1) is 29.8 Å². The molecule has 0 spiro atoms. The van der Waals surface area contributed by atoms with Crippen LogP contribution in [0.15, 0.2) is 24.9 Å². The van der Waals surface area contributed by atoms with Crippen LogP contribution in [0.3, 0.4) is 0 Å². The largest absolute Gasteiger partial charge is 0.444 e. The molecule has 5 rings (SSSR count). The first-order chi connectivity index (χ1) is 17.2. The molecule has 1 amide bonds. The minimum absolute atomic E-state index is 0.0543. The summed E-state index contributed by atoms with van der Waals surface area (Å²) in [6.07, 6.45) is 15.0. The fraction of sp³-hybridized carbons (Fsp3) is 0.654. The van der Waals surface area contributed by atoms with Crippen molar-refractivity contribution in [2.24, 2.45) is 0 Å². The van der Waals surface area contributed by atoms with Gasteiger partial charge in [0.2, 0.25) is 0 Å². The number of carbonyl (C=O) groups excluding carboxylic acids is 1. The molecular formula is C26H38N8O2. The fourth-order valence-electron chi connectivity index (χ4n) is 5.70. The van der Waals surface area contributed by atoms with Crippen molar-refractivity contribution in [3.8, 4) is 0 Å². The Hall–Kier alpha value is -3.17. The van der Waals surface area contributed by atoms with E-state index < -0.39 is 5.60 Å². The maximum absolute atomic E-state index is 12.8. The van der Waals surface area contributed by atoms with Gasteiger partial charge in [-0.1, -0.05) is 19.3 Å². The molecule has 2 atom stereocenters. The standard InChI is InChI=1S/C26H38N8O2/c1-17-11-21(12-18(2)34(17)25(35)36-26(3,4)5)32-14-20(13-28-32)30-23-24-27-16-29-33(24)15-22(31-23)19-9-7-6-8-10-19/h13-19,21H,6-12H2,1-5H3,(H,30,31). The van der Waals surface area contributed by atoms with Crippen molar-refractivity contribution in [1.82, 2.24) is 34.3 Å². The Morgan fingerprint density at radius 2 is 1.78 bits per heavy atom. The van der Waals surface area contributed by atoms with Gasteiger partial charge in [0.1, 0.15) is 11.9 Å². The summed E-state index contributed by atoms with van der Waals surface area (Å²) >= 11 is 0. The lowest BCUT2D eigenvalue weighted by atomic mass is 9.87. The molecular weight excluding hydrogens is 456 g/mol. The number of piperidine rings is 1.